The monoisotopic (exact) mass is 340 g/mol. The fourth-order valence-corrected chi connectivity index (χ4v) is 2.85. The lowest BCUT2D eigenvalue weighted by Gasteiger charge is -2.09. The first-order valence-corrected chi connectivity index (χ1v) is 7.83. The number of ether oxygens (including phenoxy) is 1. The normalized spacial score (nSPS) is 12.0. The molecule has 0 saturated heterocycles. The van der Waals surface area contributed by atoms with Gasteiger partial charge in [0, 0.05) is 12.0 Å². The fourth-order valence-electron chi connectivity index (χ4n) is 1.73. The van der Waals surface area contributed by atoms with E-state index in [1.165, 1.54) is 6.07 Å². The highest BCUT2D eigenvalue weighted by Gasteiger charge is 2.17. The Bertz CT molecular complexity index is 779. The molecule has 0 aliphatic carbocycles. The zero-order valence-corrected chi connectivity index (χ0v) is 13.7. The molecule has 1 aromatic heterocycles. The van der Waals surface area contributed by atoms with E-state index < -0.39 is 5.82 Å². The highest BCUT2D eigenvalue weighted by atomic mass is 35.5. The van der Waals surface area contributed by atoms with Crippen molar-refractivity contribution in [2.24, 2.45) is 0 Å². The number of terminal acetylenes is 1. The van der Waals surface area contributed by atoms with Crippen LogP contribution < -0.4 is 9.61 Å². The van der Waals surface area contributed by atoms with Crippen LogP contribution in [-0.2, 0) is 0 Å². The summed E-state index contributed by atoms with van der Waals surface area (Å²) in [5.41, 5.74) is 0.269. The van der Waals surface area contributed by atoms with E-state index in [1.54, 1.807) is 0 Å². The van der Waals surface area contributed by atoms with Gasteiger partial charge in [0.2, 0.25) is 0 Å². The largest absolute Gasteiger partial charge is 0.478 e. The van der Waals surface area contributed by atoms with Gasteiger partial charge < -0.3 is 4.74 Å². The Kier molecular flexibility index (Phi) is 5.22. The van der Waals surface area contributed by atoms with Crippen LogP contribution >= 0.6 is 22.9 Å². The summed E-state index contributed by atoms with van der Waals surface area (Å²) in [6.07, 6.45) is 5.95. The lowest BCUT2D eigenvalue weighted by Crippen LogP contribution is -2.13. The van der Waals surface area contributed by atoms with Gasteiger partial charge in [0.25, 0.3) is 0 Å². The van der Waals surface area contributed by atoms with Crippen molar-refractivity contribution in [1.82, 2.24) is 9.78 Å². The van der Waals surface area contributed by atoms with Crippen LogP contribution in [0.2, 0.25) is 5.02 Å². The Morgan fingerprint density at radius 2 is 2.32 bits per heavy atom. The molecule has 0 bridgehead atoms. The summed E-state index contributed by atoms with van der Waals surface area (Å²) >= 11 is 7.08. The SMILES string of the molecule is C#CCOc1cc(-n2nc(C(C)CC)sc2=O)c(Cl)cc1F. The molecular formula is C15H14ClFN2O2S. The van der Waals surface area contributed by atoms with E-state index in [-0.39, 0.29) is 33.9 Å². The molecule has 2 rings (SSSR count). The maximum Gasteiger partial charge on any atom is 0.329 e. The second kappa shape index (κ2) is 6.95. The molecule has 0 saturated carbocycles. The standard InChI is InChI=1S/C15H14ClFN2O2S/c1-4-6-21-13-8-12(10(16)7-11(13)17)19-15(20)22-14(18-19)9(3)5-2/h1,7-9H,5-6H2,2-3H3. The third kappa shape index (κ3) is 3.32. The predicted octanol–water partition coefficient (Wildman–Crippen LogP) is 3.61. The van der Waals surface area contributed by atoms with E-state index in [0.29, 0.717) is 5.01 Å². The number of hydrogen-bond donors (Lipinski definition) is 0. The van der Waals surface area contributed by atoms with Crippen molar-refractivity contribution in [3.63, 3.8) is 0 Å². The minimum Gasteiger partial charge on any atom is -0.478 e. The number of nitrogens with zero attached hydrogens (tertiary/aromatic N) is 2. The van der Waals surface area contributed by atoms with Crippen LogP contribution in [0.4, 0.5) is 4.39 Å². The van der Waals surface area contributed by atoms with Crippen LogP contribution in [0.25, 0.3) is 5.69 Å². The van der Waals surface area contributed by atoms with Crippen molar-refractivity contribution in [2.45, 2.75) is 26.2 Å². The Labute approximate surface area is 136 Å². The number of halogens is 2. The number of hydrogen-bond acceptors (Lipinski definition) is 4. The molecular weight excluding hydrogens is 327 g/mol. The Hall–Kier alpha value is -1.84. The molecule has 4 nitrogen and oxygen atoms in total. The molecule has 0 amide bonds. The van der Waals surface area contributed by atoms with Crippen molar-refractivity contribution in [1.29, 1.82) is 0 Å². The highest BCUT2D eigenvalue weighted by Crippen LogP contribution is 2.29. The molecule has 0 radical (unpaired) electrons. The molecule has 0 aliphatic heterocycles. The first kappa shape index (κ1) is 16.5. The summed E-state index contributed by atoms with van der Waals surface area (Å²) in [4.78, 5) is 11.8. The van der Waals surface area contributed by atoms with Gasteiger partial charge in [-0.25, -0.2) is 4.39 Å². The Morgan fingerprint density at radius 1 is 1.59 bits per heavy atom. The van der Waals surface area contributed by atoms with Gasteiger partial charge in [-0.15, -0.1) is 6.42 Å². The molecule has 0 N–H and O–H groups in total. The molecule has 116 valence electrons. The van der Waals surface area contributed by atoms with Crippen LogP contribution in [0.3, 0.4) is 0 Å². The topological polar surface area (TPSA) is 44.1 Å². The van der Waals surface area contributed by atoms with E-state index in [2.05, 4.69) is 11.0 Å². The summed E-state index contributed by atoms with van der Waals surface area (Å²) < 4.78 is 20.0. The van der Waals surface area contributed by atoms with Crippen molar-refractivity contribution in [3.05, 3.63) is 37.6 Å². The van der Waals surface area contributed by atoms with E-state index in [9.17, 15) is 9.18 Å². The second-order valence-electron chi connectivity index (χ2n) is 4.65. The highest BCUT2D eigenvalue weighted by molar-refractivity contribution is 7.09. The lowest BCUT2D eigenvalue weighted by molar-refractivity contribution is 0.348. The first-order chi connectivity index (χ1) is 10.5. The minimum absolute atomic E-state index is 0.0673. The summed E-state index contributed by atoms with van der Waals surface area (Å²) in [6.45, 7) is 3.91. The quantitative estimate of drug-likeness (QED) is 0.781. The molecule has 0 aliphatic rings. The van der Waals surface area contributed by atoms with Crippen LogP contribution in [0.15, 0.2) is 16.9 Å². The number of rotatable bonds is 5. The van der Waals surface area contributed by atoms with Gasteiger partial charge in [0.05, 0.1) is 10.7 Å². The number of aromatic nitrogens is 2. The maximum absolute atomic E-state index is 13.8. The molecule has 1 heterocycles. The molecule has 0 spiro atoms. The second-order valence-corrected chi connectivity index (χ2v) is 6.03. The van der Waals surface area contributed by atoms with Gasteiger partial charge in [0.1, 0.15) is 11.6 Å². The molecule has 1 unspecified atom stereocenters. The van der Waals surface area contributed by atoms with Crippen LogP contribution in [-0.4, -0.2) is 16.4 Å². The van der Waals surface area contributed by atoms with Crippen molar-refractivity contribution < 1.29 is 9.13 Å². The van der Waals surface area contributed by atoms with Crippen molar-refractivity contribution in [3.8, 4) is 23.8 Å². The zero-order valence-electron chi connectivity index (χ0n) is 12.1. The Balaban J connectivity index is 2.50. The summed E-state index contributed by atoms with van der Waals surface area (Å²) in [7, 11) is 0. The average molecular weight is 341 g/mol. The zero-order chi connectivity index (χ0) is 16.3. The van der Waals surface area contributed by atoms with Crippen LogP contribution in [0.1, 0.15) is 31.2 Å². The molecule has 2 aromatic rings. The van der Waals surface area contributed by atoms with Crippen LogP contribution in [0, 0.1) is 18.2 Å². The Morgan fingerprint density at radius 3 is 2.95 bits per heavy atom. The number of benzene rings is 1. The van der Waals surface area contributed by atoms with E-state index >= 15 is 0 Å². The molecule has 22 heavy (non-hydrogen) atoms. The lowest BCUT2D eigenvalue weighted by atomic mass is 10.1. The summed E-state index contributed by atoms with van der Waals surface area (Å²) in [5.74, 6) is 1.70. The predicted molar refractivity (Wildman–Crippen MR) is 85.7 cm³/mol. The van der Waals surface area contributed by atoms with E-state index in [1.807, 2.05) is 13.8 Å². The summed E-state index contributed by atoms with van der Waals surface area (Å²) in [5, 5.41) is 5.07. The van der Waals surface area contributed by atoms with E-state index in [4.69, 9.17) is 22.8 Å². The van der Waals surface area contributed by atoms with Crippen LogP contribution in [0.5, 0.6) is 5.75 Å². The van der Waals surface area contributed by atoms with Gasteiger partial charge in [-0.3, -0.25) is 4.79 Å². The van der Waals surface area contributed by atoms with Gasteiger partial charge in [0.15, 0.2) is 11.6 Å². The molecule has 0 fully saturated rings. The van der Waals surface area contributed by atoms with Gasteiger partial charge >= 0.3 is 4.87 Å². The van der Waals surface area contributed by atoms with Gasteiger partial charge in [-0.05, 0) is 12.5 Å². The maximum atomic E-state index is 13.8. The summed E-state index contributed by atoms with van der Waals surface area (Å²) in [6, 6.07) is 2.41. The molecule has 7 heteroatoms. The third-order valence-corrected chi connectivity index (χ3v) is 4.48. The molecule has 1 aromatic carbocycles. The van der Waals surface area contributed by atoms with Crippen molar-refractivity contribution >= 4 is 22.9 Å². The van der Waals surface area contributed by atoms with Gasteiger partial charge in [-0.2, -0.15) is 9.78 Å². The smallest absolute Gasteiger partial charge is 0.329 e. The van der Waals surface area contributed by atoms with Crippen molar-refractivity contribution in [2.75, 3.05) is 6.61 Å². The fraction of sp³-hybridized carbons (Fsp3) is 0.333. The van der Waals surface area contributed by atoms with Gasteiger partial charge in [-0.1, -0.05) is 42.7 Å². The molecule has 1 atom stereocenters. The van der Waals surface area contributed by atoms with E-state index in [0.717, 1.165) is 28.5 Å². The average Bonchev–Trinajstić information content (AvgIpc) is 2.87. The third-order valence-electron chi connectivity index (χ3n) is 3.14. The first-order valence-electron chi connectivity index (χ1n) is 6.63. The minimum atomic E-state index is -0.644.